The lowest BCUT2D eigenvalue weighted by atomic mass is 10.1. The molecule has 1 rings (SSSR count). The Labute approximate surface area is 119 Å². The van der Waals surface area contributed by atoms with Gasteiger partial charge >= 0.3 is 6.09 Å². The van der Waals surface area contributed by atoms with Gasteiger partial charge in [0.1, 0.15) is 11.4 Å². The summed E-state index contributed by atoms with van der Waals surface area (Å²) in [5.41, 5.74) is 0.114. The van der Waals surface area contributed by atoms with Crippen molar-refractivity contribution in [3.8, 4) is 0 Å². The molecule has 0 fully saturated rings. The molecule has 0 saturated heterocycles. The summed E-state index contributed by atoms with van der Waals surface area (Å²) < 4.78 is 18.6. The van der Waals surface area contributed by atoms with Gasteiger partial charge in [0, 0.05) is 24.7 Å². The lowest BCUT2D eigenvalue weighted by Gasteiger charge is -2.20. The molecule has 1 amide bonds. The summed E-state index contributed by atoms with van der Waals surface area (Å²) in [7, 11) is 0. The summed E-state index contributed by atoms with van der Waals surface area (Å²) in [5, 5.41) is 5.79. The highest BCUT2D eigenvalue weighted by Crippen LogP contribution is 2.15. The average Bonchev–Trinajstić information content (AvgIpc) is 2.33. The van der Waals surface area contributed by atoms with Gasteiger partial charge in [-0.3, -0.25) is 0 Å². The first-order valence-corrected chi connectivity index (χ1v) is 6.74. The number of rotatable bonds is 5. The molecule has 0 aromatic heterocycles. The van der Waals surface area contributed by atoms with Crippen LogP contribution >= 0.6 is 0 Å². The Hall–Kier alpha value is -1.62. The summed E-state index contributed by atoms with van der Waals surface area (Å²) in [6.07, 6.45) is -0.446. The van der Waals surface area contributed by atoms with Crippen LogP contribution in [0.25, 0.3) is 0 Å². The van der Waals surface area contributed by atoms with Gasteiger partial charge < -0.3 is 15.4 Å². The topological polar surface area (TPSA) is 50.4 Å². The largest absolute Gasteiger partial charge is 0.444 e. The van der Waals surface area contributed by atoms with Crippen molar-refractivity contribution in [3.05, 3.63) is 35.6 Å². The van der Waals surface area contributed by atoms with Crippen molar-refractivity contribution < 1.29 is 13.9 Å². The Morgan fingerprint density at radius 3 is 2.55 bits per heavy atom. The molecule has 1 atom stereocenters. The molecule has 20 heavy (non-hydrogen) atoms. The molecule has 1 aromatic rings. The second-order valence-corrected chi connectivity index (χ2v) is 5.63. The van der Waals surface area contributed by atoms with Gasteiger partial charge in [0.25, 0.3) is 0 Å². The van der Waals surface area contributed by atoms with E-state index in [1.165, 1.54) is 6.07 Å². The van der Waals surface area contributed by atoms with Crippen LogP contribution in [-0.2, 0) is 4.74 Å². The minimum atomic E-state index is -0.502. The Kier molecular flexibility index (Phi) is 5.95. The second kappa shape index (κ2) is 7.24. The van der Waals surface area contributed by atoms with Crippen molar-refractivity contribution in [2.24, 2.45) is 0 Å². The van der Waals surface area contributed by atoms with Gasteiger partial charge in [0.2, 0.25) is 0 Å². The van der Waals surface area contributed by atoms with Gasteiger partial charge in [-0.2, -0.15) is 0 Å². The predicted octanol–water partition coefficient (Wildman–Crippen LogP) is 3.00. The minimum Gasteiger partial charge on any atom is -0.444 e. The van der Waals surface area contributed by atoms with E-state index in [0.717, 1.165) is 0 Å². The van der Waals surface area contributed by atoms with E-state index in [0.29, 0.717) is 18.7 Å². The summed E-state index contributed by atoms with van der Waals surface area (Å²) in [5.74, 6) is -0.229. The standard InChI is InChI=1S/C15H23FN2O2/c1-11(12-7-5-6-8-13(12)16)17-9-10-18-14(19)20-15(2,3)4/h5-8,11,17H,9-10H2,1-4H3,(H,18,19)/t11-/m1/s1. The zero-order valence-corrected chi connectivity index (χ0v) is 12.5. The zero-order valence-electron chi connectivity index (χ0n) is 12.5. The van der Waals surface area contributed by atoms with Gasteiger partial charge in [-0.15, -0.1) is 0 Å². The van der Waals surface area contributed by atoms with E-state index in [-0.39, 0.29) is 11.9 Å². The molecule has 0 spiro atoms. The van der Waals surface area contributed by atoms with Gasteiger partial charge in [0.05, 0.1) is 0 Å². The second-order valence-electron chi connectivity index (χ2n) is 5.63. The first-order chi connectivity index (χ1) is 9.29. The van der Waals surface area contributed by atoms with Crippen LogP contribution in [0.4, 0.5) is 9.18 Å². The van der Waals surface area contributed by atoms with E-state index >= 15 is 0 Å². The van der Waals surface area contributed by atoms with E-state index in [2.05, 4.69) is 10.6 Å². The summed E-state index contributed by atoms with van der Waals surface area (Å²) >= 11 is 0. The van der Waals surface area contributed by atoms with Gasteiger partial charge in [-0.05, 0) is 33.8 Å². The molecule has 0 aliphatic rings. The van der Waals surface area contributed by atoms with Crippen molar-refractivity contribution >= 4 is 6.09 Å². The van der Waals surface area contributed by atoms with E-state index in [1.54, 1.807) is 18.2 Å². The summed E-state index contributed by atoms with van der Waals surface area (Å²) in [4.78, 5) is 11.4. The number of benzene rings is 1. The fraction of sp³-hybridized carbons (Fsp3) is 0.533. The Morgan fingerprint density at radius 2 is 1.95 bits per heavy atom. The summed E-state index contributed by atoms with van der Waals surface area (Å²) in [6, 6.07) is 6.53. The first kappa shape index (κ1) is 16.4. The molecule has 0 aliphatic carbocycles. The number of carbonyl (C=O) groups is 1. The van der Waals surface area contributed by atoms with Crippen LogP contribution in [0.2, 0.25) is 0 Å². The maximum absolute atomic E-state index is 13.5. The van der Waals surface area contributed by atoms with Crippen molar-refractivity contribution in [1.29, 1.82) is 0 Å². The van der Waals surface area contributed by atoms with Crippen LogP contribution in [0.3, 0.4) is 0 Å². The zero-order chi connectivity index (χ0) is 15.2. The van der Waals surface area contributed by atoms with E-state index in [1.807, 2.05) is 27.7 Å². The fourth-order valence-electron chi connectivity index (χ4n) is 1.70. The van der Waals surface area contributed by atoms with Crippen molar-refractivity contribution in [2.45, 2.75) is 39.3 Å². The molecule has 0 heterocycles. The van der Waals surface area contributed by atoms with Crippen LogP contribution in [0.1, 0.15) is 39.3 Å². The number of amides is 1. The fourth-order valence-corrected chi connectivity index (χ4v) is 1.70. The van der Waals surface area contributed by atoms with Crippen LogP contribution < -0.4 is 10.6 Å². The van der Waals surface area contributed by atoms with Crippen molar-refractivity contribution in [1.82, 2.24) is 10.6 Å². The van der Waals surface area contributed by atoms with Crippen LogP contribution in [-0.4, -0.2) is 24.8 Å². The number of halogens is 1. The molecular weight excluding hydrogens is 259 g/mol. The number of hydrogen-bond donors (Lipinski definition) is 2. The van der Waals surface area contributed by atoms with Gasteiger partial charge in [-0.1, -0.05) is 18.2 Å². The molecule has 0 aliphatic heterocycles. The lowest BCUT2D eigenvalue weighted by molar-refractivity contribution is 0.0528. The maximum Gasteiger partial charge on any atom is 0.407 e. The normalized spacial score (nSPS) is 12.8. The van der Waals surface area contributed by atoms with Crippen molar-refractivity contribution in [2.75, 3.05) is 13.1 Å². The third kappa shape index (κ3) is 6.02. The maximum atomic E-state index is 13.5. The molecule has 4 nitrogen and oxygen atoms in total. The highest BCUT2D eigenvalue weighted by Gasteiger charge is 2.15. The molecule has 5 heteroatoms. The van der Waals surface area contributed by atoms with E-state index in [4.69, 9.17) is 4.74 Å². The van der Waals surface area contributed by atoms with E-state index in [9.17, 15) is 9.18 Å². The molecule has 0 saturated carbocycles. The van der Waals surface area contributed by atoms with Crippen LogP contribution in [0.5, 0.6) is 0 Å². The lowest BCUT2D eigenvalue weighted by Crippen LogP contribution is -2.37. The Bertz CT molecular complexity index is 444. The number of carbonyl (C=O) groups excluding carboxylic acids is 1. The van der Waals surface area contributed by atoms with Crippen molar-refractivity contribution in [3.63, 3.8) is 0 Å². The number of ether oxygens (including phenoxy) is 1. The predicted molar refractivity (Wildman–Crippen MR) is 77.1 cm³/mol. The highest BCUT2D eigenvalue weighted by molar-refractivity contribution is 5.67. The Balaban J connectivity index is 2.28. The molecule has 2 N–H and O–H groups in total. The smallest absolute Gasteiger partial charge is 0.407 e. The van der Waals surface area contributed by atoms with Crippen LogP contribution in [0, 0.1) is 5.82 Å². The van der Waals surface area contributed by atoms with Crippen LogP contribution in [0.15, 0.2) is 24.3 Å². The minimum absolute atomic E-state index is 0.114. The third-order valence-corrected chi connectivity index (χ3v) is 2.62. The molecule has 112 valence electrons. The highest BCUT2D eigenvalue weighted by atomic mass is 19.1. The molecular formula is C15H23FN2O2. The van der Waals surface area contributed by atoms with E-state index < -0.39 is 11.7 Å². The average molecular weight is 282 g/mol. The molecule has 0 unspecified atom stereocenters. The van der Waals surface area contributed by atoms with Gasteiger partial charge in [0.15, 0.2) is 0 Å². The van der Waals surface area contributed by atoms with Gasteiger partial charge in [-0.25, -0.2) is 9.18 Å². The first-order valence-electron chi connectivity index (χ1n) is 6.74. The Morgan fingerprint density at radius 1 is 1.30 bits per heavy atom. The summed E-state index contributed by atoms with van der Waals surface area (Å²) in [6.45, 7) is 8.27. The molecule has 0 radical (unpaired) electrons. The quantitative estimate of drug-likeness (QED) is 0.816. The SMILES string of the molecule is C[C@@H](NCCNC(=O)OC(C)(C)C)c1ccccc1F. The third-order valence-electron chi connectivity index (χ3n) is 2.62. The number of hydrogen-bond acceptors (Lipinski definition) is 3. The monoisotopic (exact) mass is 282 g/mol. The molecule has 0 bridgehead atoms. The molecule has 1 aromatic carbocycles. The number of nitrogens with one attached hydrogen (secondary N) is 2. The number of alkyl carbamates (subject to hydrolysis) is 1.